The molecule has 10 heteroatoms. The van der Waals surface area contributed by atoms with Crippen molar-refractivity contribution in [2.45, 2.75) is 12.1 Å². The summed E-state index contributed by atoms with van der Waals surface area (Å²) in [5, 5.41) is 22.3. The highest BCUT2D eigenvalue weighted by molar-refractivity contribution is 7.80. The molecule has 0 saturated carbocycles. The van der Waals surface area contributed by atoms with Crippen LogP contribution in [0.3, 0.4) is 0 Å². The SMILES string of the molecule is O=C(O)c1cc(C(=O)O)cc(-c2ccc([C@H]3[C@@H](c4ccccn4)NC(=S)N3c3ccccc3F)o2)c1. The number of nitrogens with one attached hydrogen (secondary N) is 1. The third-order valence-corrected chi connectivity index (χ3v) is 6.15. The topological polar surface area (TPSA) is 116 Å². The van der Waals surface area contributed by atoms with Crippen molar-refractivity contribution in [2.75, 3.05) is 4.90 Å². The van der Waals surface area contributed by atoms with E-state index in [0.29, 0.717) is 11.5 Å². The van der Waals surface area contributed by atoms with Gasteiger partial charge in [-0.15, -0.1) is 0 Å². The van der Waals surface area contributed by atoms with E-state index in [2.05, 4.69) is 10.3 Å². The van der Waals surface area contributed by atoms with Crippen molar-refractivity contribution in [1.29, 1.82) is 0 Å². The number of hydrogen-bond acceptors (Lipinski definition) is 5. The Kier molecular flexibility index (Phi) is 5.95. The number of carboxylic acid groups (broad SMARTS) is 2. The molecule has 4 aromatic rings. The molecule has 1 saturated heterocycles. The molecule has 0 bridgehead atoms. The number of carbonyl (C=O) groups is 2. The molecule has 0 unspecified atom stereocenters. The van der Waals surface area contributed by atoms with Crippen molar-refractivity contribution in [3.05, 3.63) is 107 Å². The monoisotopic (exact) mass is 503 g/mol. The number of anilines is 1. The summed E-state index contributed by atoms with van der Waals surface area (Å²) in [6, 6.07) is 17.5. The van der Waals surface area contributed by atoms with E-state index in [1.165, 1.54) is 18.2 Å². The number of aromatic nitrogens is 1. The Morgan fingerprint density at radius 1 is 0.972 bits per heavy atom. The fourth-order valence-corrected chi connectivity index (χ4v) is 4.57. The van der Waals surface area contributed by atoms with Crippen LogP contribution >= 0.6 is 12.2 Å². The van der Waals surface area contributed by atoms with E-state index in [9.17, 15) is 24.2 Å². The molecule has 1 aliphatic rings. The first kappa shape index (κ1) is 23.2. The Bertz CT molecular complexity index is 1460. The van der Waals surface area contributed by atoms with Gasteiger partial charge in [0.05, 0.1) is 28.6 Å². The molecule has 2 atom stereocenters. The van der Waals surface area contributed by atoms with E-state index in [1.54, 1.807) is 47.5 Å². The summed E-state index contributed by atoms with van der Waals surface area (Å²) in [6.45, 7) is 0. The largest absolute Gasteiger partial charge is 0.478 e. The molecule has 36 heavy (non-hydrogen) atoms. The lowest BCUT2D eigenvalue weighted by Crippen LogP contribution is -2.30. The predicted octanol–water partition coefficient (Wildman–Crippen LogP) is 5.05. The van der Waals surface area contributed by atoms with Gasteiger partial charge < -0.3 is 24.8 Å². The van der Waals surface area contributed by atoms with Crippen LogP contribution in [-0.4, -0.2) is 32.2 Å². The van der Waals surface area contributed by atoms with Crippen molar-refractivity contribution in [3.63, 3.8) is 0 Å². The summed E-state index contributed by atoms with van der Waals surface area (Å²) < 4.78 is 21.0. The van der Waals surface area contributed by atoms with Gasteiger partial charge in [-0.2, -0.15) is 0 Å². The van der Waals surface area contributed by atoms with Gasteiger partial charge in [0.15, 0.2) is 5.11 Å². The van der Waals surface area contributed by atoms with Crippen LogP contribution < -0.4 is 10.2 Å². The Labute approximate surface area is 209 Å². The first-order chi connectivity index (χ1) is 17.3. The molecule has 1 fully saturated rings. The second kappa shape index (κ2) is 9.23. The van der Waals surface area contributed by atoms with E-state index < -0.39 is 29.8 Å². The van der Waals surface area contributed by atoms with Crippen molar-refractivity contribution in [3.8, 4) is 11.3 Å². The maximum Gasteiger partial charge on any atom is 0.335 e. The molecule has 5 rings (SSSR count). The Morgan fingerprint density at radius 3 is 2.31 bits per heavy atom. The zero-order valence-corrected chi connectivity index (χ0v) is 19.3. The minimum absolute atomic E-state index is 0.189. The molecule has 0 radical (unpaired) electrons. The van der Waals surface area contributed by atoms with Crippen LogP contribution in [0.25, 0.3) is 11.3 Å². The van der Waals surface area contributed by atoms with Crippen molar-refractivity contribution < 1.29 is 28.6 Å². The summed E-state index contributed by atoms with van der Waals surface area (Å²) in [4.78, 5) is 29.1. The van der Waals surface area contributed by atoms with Crippen LogP contribution in [0.4, 0.5) is 10.1 Å². The minimum atomic E-state index is -1.27. The van der Waals surface area contributed by atoms with E-state index in [1.807, 2.05) is 12.1 Å². The second-order valence-electron chi connectivity index (χ2n) is 8.06. The van der Waals surface area contributed by atoms with Gasteiger partial charge in [-0.3, -0.25) is 4.98 Å². The smallest absolute Gasteiger partial charge is 0.335 e. The maximum absolute atomic E-state index is 14.9. The van der Waals surface area contributed by atoms with Crippen LogP contribution in [-0.2, 0) is 0 Å². The highest BCUT2D eigenvalue weighted by Crippen LogP contribution is 2.43. The van der Waals surface area contributed by atoms with Crippen LogP contribution in [0.2, 0.25) is 0 Å². The van der Waals surface area contributed by atoms with Crippen LogP contribution in [0.5, 0.6) is 0 Å². The number of hydrogen-bond donors (Lipinski definition) is 3. The molecular formula is C26H18FN3O5S. The van der Waals surface area contributed by atoms with E-state index in [0.717, 1.165) is 6.07 Å². The normalized spacial score (nSPS) is 17.1. The van der Waals surface area contributed by atoms with Crippen LogP contribution in [0.1, 0.15) is 44.3 Å². The fraction of sp³-hybridized carbons (Fsp3) is 0.0769. The maximum atomic E-state index is 14.9. The molecule has 180 valence electrons. The third-order valence-electron chi connectivity index (χ3n) is 5.84. The molecule has 0 aliphatic carbocycles. The lowest BCUT2D eigenvalue weighted by Gasteiger charge is -2.26. The van der Waals surface area contributed by atoms with Gasteiger partial charge in [0.25, 0.3) is 0 Å². The predicted molar refractivity (Wildman–Crippen MR) is 132 cm³/mol. The van der Waals surface area contributed by atoms with Gasteiger partial charge in [-0.25, -0.2) is 14.0 Å². The Morgan fingerprint density at radius 2 is 1.67 bits per heavy atom. The second-order valence-corrected chi connectivity index (χ2v) is 8.45. The van der Waals surface area contributed by atoms with Crippen molar-refractivity contribution in [1.82, 2.24) is 10.3 Å². The van der Waals surface area contributed by atoms with Gasteiger partial charge in [0.2, 0.25) is 0 Å². The van der Waals surface area contributed by atoms with E-state index in [-0.39, 0.29) is 33.3 Å². The number of nitrogens with zero attached hydrogens (tertiary/aromatic N) is 2. The number of carboxylic acids is 2. The molecule has 0 spiro atoms. The molecule has 1 aliphatic heterocycles. The molecule has 3 N–H and O–H groups in total. The summed E-state index contributed by atoms with van der Waals surface area (Å²) in [6.07, 6.45) is 1.64. The van der Waals surface area contributed by atoms with Gasteiger partial charge in [-0.05, 0) is 66.8 Å². The number of benzene rings is 2. The van der Waals surface area contributed by atoms with Gasteiger partial charge in [-0.1, -0.05) is 18.2 Å². The lowest BCUT2D eigenvalue weighted by molar-refractivity contribution is 0.0696. The number of rotatable bonds is 6. The average molecular weight is 504 g/mol. The third kappa shape index (κ3) is 4.18. The van der Waals surface area contributed by atoms with E-state index >= 15 is 0 Å². The number of thiocarbonyl (C=S) groups is 1. The zero-order chi connectivity index (χ0) is 25.4. The van der Waals surface area contributed by atoms with Gasteiger partial charge >= 0.3 is 11.9 Å². The molecule has 0 amide bonds. The number of halogens is 1. The fourth-order valence-electron chi connectivity index (χ4n) is 4.23. The van der Waals surface area contributed by atoms with Crippen molar-refractivity contribution >= 4 is 35.0 Å². The van der Waals surface area contributed by atoms with Gasteiger partial charge in [0.1, 0.15) is 23.4 Å². The molecule has 2 aromatic heterocycles. The number of aromatic carboxylic acids is 2. The Balaban J connectivity index is 1.63. The first-order valence-corrected chi connectivity index (χ1v) is 11.2. The average Bonchev–Trinajstić information content (AvgIpc) is 3.49. The van der Waals surface area contributed by atoms with Crippen LogP contribution in [0, 0.1) is 5.82 Å². The van der Waals surface area contributed by atoms with Gasteiger partial charge in [0, 0.05) is 11.8 Å². The molecule has 3 heterocycles. The summed E-state index contributed by atoms with van der Waals surface area (Å²) in [5.74, 6) is -2.36. The summed E-state index contributed by atoms with van der Waals surface area (Å²) in [7, 11) is 0. The quantitative estimate of drug-likeness (QED) is 0.311. The molecular weight excluding hydrogens is 485 g/mol. The molecule has 2 aromatic carbocycles. The highest BCUT2D eigenvalue weighted by Gasteiger charge is 2.43. The summed E-state index contributed by atoms with van der Waals surface area (Å²) in [5.41, 5.74) is 0.802. The standard InChI is InChI=1S/C26H18FN3O5S/c27-17-5-1-2-7-19(17)30-23(22(29-26(30)36)18-6-3-4-10-28-18)21-9-8-20(35-21)14-11-15(24(31)32)13-16(12-14)25(33)34/h1-13,22-23H,(H,29,36)(H,31,32)(H,33,34)/t22-,23+/m1/s1. The summed E-state index contributed by atoms with van der Waals surface area (Å²) >= 11 is 5.58. The number of pyridine rings is 1. The van der Waals surface area contributed by atoms with Crippen LogP contribution in [0.15, 0.2) is 83.4 Å². The Hall–Kier alpha value is -4.57. The zero-order valence-electron chi connectivity index (χ0n) is 18.5. The highest BCUT2D eigenvalue weighted by atomic mass is 32.1. The number of furan rings is 1. The number of para-hydroxylation sites is 1. The minimum Gasteiger partial charge on any atom is -0.478 e. The lowest BCUT2D eigenvalue weighted by atomic mass is 10.0. The van der Waals surface area contributed by atoms with E-state index in [4.69, 9.17) is 16.6 Å². The first-order valence-electron chi connectivity index (χ1n) is 10.8. The molecule has 8 nitrogen and oxygen atoms in total. The van der Waals surface area contributed by atoms with Crippen molar-refractivity contribution in [2.24, 2.45) is 0 Å².